The molecule has 0 aromatic heterocycles. The molecule has 0 radical (unpaired) electrons. The molecule has 0 aliphatic heterocycles. The van der Waals surface area contributed by atoms with E-state index in [1.54, 1.807) is 19.9 Å². The summed E-state index contributed by atoms with van der Waals surface area (Å²) in [6.07, 6.45) is 1.71. The lowest BCUT2D eigenvalue weighted by Crippen LogP contribution is -1.92. The molecule has 0 saturated heterocycles. The van der Waals surface area contributed by atoms with Gasteiger partial charge >= 0.3 is 7.60 Å². The lowest BCUT2D eigenvalue weighted by atomic mass is 10.8. The molecule has 3 nitrogen and oxygen atoms in total. The Balaban J connectivity index is 4.18. The van der Waals surface area contributed by atoms with Crippen LogP contribution in [0.5, 0.6) is 0 Å². The summed E-state index contributed by atoms with van der Waals surface area (Å²) >= 11 is 3.19. The normalized spacial score (nSPS) is 12.6. The minimum Gasteiger partial charge on any atom is -0.306 e. The van der Waals surface area contributed by atoms with E-state index >= 15 is 0 Å². The van der Waals surface area contributed by atoms with Crippen LogP contribution < -0.4 is 0 Å². The van der Waals surface area contributed by atoms with Crippen LogP contribution in [0.2, 0.25) is 0 Å². The van der Waals surface area contributed by atoms with Gasteiger partial charge in [0.25, 0.3) is 0 Å². The second kappa shape index (κ2) is 6.84. The Morgan fingerprint density at radius 2 is 1.83 bits per heavy atom. The second-order valence-electron chi connectivity index (χ2n) is 1.91. The maximum Gasteiger partial charge on any atom is 0.353 e. The SMILES string of the molecule is CCOP(=O)(/C=C\CBr)OCC. The molecule has 72 valence electrons. The lowest BCUT2D eigenvalue weighted by Gasteiger charge is -2.11. The molecule has 0 aliphatic carbocycles. The standard InChI is InChI=1S/C7H14BrO3P/c1-3-10-12(9,11-4-2)7-5-6-8/h5,7H,3-4,6H2,1-2H3/b7-5-. The van der Waals surface area contributed by atoms with Gasteiger partial charge in [-0.2, -0.15) is 0 Å². The first-order chi connectivity index (χ1) is 5.68. The summed E-state index contributed by atoms with van der Waals surface area (Å²) in [4.78, 5) is 0. The van der Waals surface area contributed by atoms with Crippen molar-refractivity contribution in [1.82, 2.24) is 0 Å². The van der Waals surface area contributed by atoms with Gasteiger partial charge in [0.2, 0.25) is 0 Å². The van der Waals surface area contributed by atoms with E-state index in [2.05, 4.69) is 15.9 Å². The van der Waals surface area contributed by atoms with Gasteiger partial charge in [-0.1, -0.05) is 22.0 Å². The van der Waals surface area contributed by atoms with Crippen LogP contribution in [-0.4, -0.2) is 18.5 Å². The fraction of sp³-hybridized carbons (Fsp3) is 0.714. The molecule has 0 aliphatic rings. The summed E-state index contributed by atoms with van der Waals surface area (Å²) in [6, 6.07) is 0. The summed E-state index contributed by atoms with van der Waals surface area (Å²) in [5, 5.41) is 0.650. The highest BCUT2D eigenvalue weighted by atomic mass is 79.9. The number of hydrogen-bond donors (Lipinski definition) is 0. The fourth-order valence-electron chi connectivity index (χ4n) is 0.652. The van der Waals surface area contributed by atoms with Gasteiger partial charge in [-0.15, -0.1) is 0 Å². The summed E-state index contributed by atoms with van der Waals surface area (Å²) in [7, 11) is -2.95. The molecule has 5 heteroatoms. The van der Waals surface area contributed by atoms with E-state index in [9.17, 15) is 4.57 Å². The molecule has 0 aromatic rings. The maximum absolute atomic E-state index is 11.6. The Hall–Kier alpha value is 0.370. The van der Waals surface area contributed by atoms with Crippen molar-refractivity contribution in [3.05, 3.63) is 11.9 Å². The molecule has 0 amide bonds. The Bertz CT molecular complexity index is 171. The smallest absolute Gasteiger partial charge is 0.306 e. The first-order valence-corrected chi connectivity index (χ1v) is 6.54. The summed E-state index contributed by atoms with van der Waals surface area (Å²) < 4.78 is 21.6. The molecular weight excluding hydrogens is 243 g/mol. The van der Waals surface area contributed by atoms with Crippen molar-refractivity contribution in [3.8, 4) is 0 Å². The highest BCUT2D eigenvalue weighted by Gasteiger charge is 2.17. The molecule has 0 aromatic carbocycles. The Kier molecular flexibility index (Phi) is 7.05. The lowest BCUT2D eigenvalue weighted by molar-refractivity contribution is 0.229. The van der Waals surface area contributed by atoms with Gasteiger partial charge in [-0.05, 0) is 13.8 Å². The average Bonchev–Trinajstić information content (AvgIpc) is 2.02. The largest absolute Gasteiger partial charge is 0.353 e. The Morgan fingerprint density at radius 3 is 2.17 bits per heavy atom. The Morgan fingerprint density at radius 1 is 1.33 bits per heavy atom. The molecule has 0 atom stereocenters. The first kappa shape index (κ1) is 12.4. The van der Waals surface area contributed by atoms with Crippen molar-refractivity contribution in [3.63, 3.8) is 0 Å². The molecule has 0 rings (SSSR count). The van der Waals surface area contributed by atoms with Gasteiger partial charge in [-0.3, -0.25) is 4.57 Å². The van der Waals surface area contributed by atoms with Crippen LogP contribution in [0.3, 0.4) is 0 Å². The van der Waals surface area contributed by atoms with Crippen LogP contribution in [-0.2, 0) is 13.6 Å². The predicted molar refractivity (Wildman–Crippen MR) is 53.8 cm³/mol. The van der Waals surface area contributed by atoms with Crippen LogP contribution in [0, 0.1) is 0 Å². The van der Waals surface area contributed by atoms with Crippen molar-refractivity contribution in [2.45, 2.75) is 13.8 Å². The number of allylic oxidation sites excluding steroid dienone is 1. The van der Waals surface area contributed by atoms with Crippen LogP contribution in [0.15, 0.2) is 11.9 Å². The van der Waals surface area contributed by atoms with Gasteiger partial charge in [0.05, 0.1) is 13.2 Å². The monoisotopic (exact) mass is 256 g/mol. The van der Waals surface area contributed by atoms with E-state index in [-0.39, 0.29) is 0 Å². The molecule has 0 saturated carbocycles. The quantitative estimate of drug-likeness (QED) is 0.541. The van der Waals surface area contributed by atoms with E-state index in [0.717, 1.165) is 0 Å². The molecule has 0 N–H and O–H groups in total. The second-order valence-corrected chi connectivity index (χ2v) is 4.46. The highest BCUT2D eigenvalue weighted by Crippen LogP contribution is 2.49. The summed E-state index contributed by atoms with van der Waals surface area (Å²) in [6.45, 7) is 4.36. The molecule has 0 heterocycles. The van der Waals surface area contributed by atoms with Gasteiger partial charge in [0, 0.05) is 11.1 Å². The zero-order valence-corrected chi connectivity index (χ0v) is 9.81. The summed E-state index contributed by atoms with van der Waals surface area (Å²) in [5.41, 5.74) is 0. The number of halogens is 1. The zero-order chi connectivity index (χ0) is 9.45. The maximum atomic E-state index is 11.6. The third-order valence-corrected chi connectivity index (χ3v) is 3.18. The van der Waals surface area contributed by atoms with E-state index in [0.29, 0.717) is 18.5 Å². The average molecular weight is 257 g/mol. The van der Waals surface area contributed by atoms with Crippen molar-refractivity contribution in [2.24, 2.45) is 0 Å². The minimum absolute atomic E-state index is 0.393. The van der Waals surface area contributed by atoms with Crippen molar-refractivity contribution in [2.75, 3.05) is 18.5 Å². The van der Waals surface area contributed by atoms with E-state index in [4.69, 9.17) is 9.05 Å². The van der Waals surface area contributed by atoms with Crippen molar-refractivity contribution < 1.29 is 13.6 Å². The van der Waals surface area contributed by atoms with Gasteiger partial charge in [0.15, 0.2) is 0 Å². The molecule has 0 bridgehead atoms. The van der Waals surface area contributed by atoms with Crippen molar-refractivity contribution in [1.29, 1.82) is 0 Å². The van der Waals surface area contributed by atoms with Crippen LogP contribution in [0.4, 0.5) is 0 Å². The van der Waals surface area contributed by atoms with Crippen molar-refractivity contribution >= 4 is 23.5 Å². The van der Waals surface area contributed by atoms with Crippen LogP contribution >= 0.6 is 23.5 Å². The molecule has 12 heavy (non-hydrogen) atoms. The third kappa shape index (κ3) is 5.09. The van der Waals surface area contributed by atoms with Crippen LogP contribution in [0.25, 0.3) is 0 Å². The van der Waals surface area contributed by atoms with E-state index < -0.39 is 7.60 Å². The number of rotatable bonds is 6. The predicted octanol–water partition coefficient (Wildman–Crippen LogP) is 3.16. The zero-order valence-electron chi connectivity index (χ0n) is 7.33. The first-order valence-electron chi connectivity index (χ1n) is 3.81. The summed E-state index contributed by atoms with van der Waals surface area (Å²) in [5.74, 6) is 1.48. The minimum atomic E-state index is -2.95. The fourth-order valence-corrected chi connectivity index (χ4v) is 2.46. The topological polar surface area (TPSA) is 35.5 Å². The Labute approximate surface area is 81.8 Å². The van der Waals surface area contributed by atoms with Gasteiger partial charge in [0.1, 0.15) is 0 Å². The van der Waals surface area contributed by atoms with Gasteiger partial charge < -0.3 is 9.05 Å². The molecule has 0 unspecified atom stereocenters. The molecule has 0 fully saturated rings. The number of alkyl halides is 1. The van der Waals surface area contributed by atoms with Gasteiger partial charge in [-0.25, -0.2) is 0 Å². The molecular formula is C7H14BrO3P. The van der Waals surface area contributed by atoms with E-state index in [1.807, 2.05) is 0 Å². The van der Waals surface area contributed by atoms with Crippen LogP contribution in [0.1, 0.15) is 13.8 Å². The highest BCUT2D eigenvalue weighted by molar-refractivity contribution is 9.09. The third-order valence-electron chi connectivity index (χ3n) is 0.995. The van der Waals surface area contributed by atoms with E-state index in [1.165, 1.54) is 5.82 Å². The number of hydrogen-bond acceptors (Lipinski definition) is 3. The molecule has 0 spiro atoms.